The van der Waals surface area contributed by atoms with Crippen molar-refractivity contribution in [2.75, 3.05) is 0 Å². The van der Waals surface area contributed by atoms with Crippen molar-refractivity contribution < 1.29 is 43.9 Å². The van der Waals surface area contributed by atoms with Crippen LogP contribution in [0.25, 0.3) is 0 Å². The lowest BCUT2D eigenvalue weighted by atomic mass is 9.49. The quantitative estimate of drug-likeness (QED) is 0.265. The van der Waals surface area contributed by atoms with Crippen LogP contribution in [0.4, 0.5) is 43.9 Å². The second-order valence-corrected chi connectivity index (χ2v) is 7.14. The summed E-state index contributed by atoms with van der Waals surface area (Å²) in [6, 6.07) is 0. The van der Waals surface area contributed by atoms with Crippen molar-refractivity contribution in [1.82, 2.24) is 0 Å². The van der Waals surface area contributed by atoms with Gasteiger partial charge in [-0.25, -0.2) is 43.9 Å². The van der Waals surface area contributed by atoms with Crippen molar-refractivity contribution in [2.24, 2.45) is 0 Å². The Morgan fingerprint density at radius 1 is 0.552 bits per heavy atom. The summed E-state index contributed by atoms with van der Waals surface area (Å²) in [4.78, 5) is 0. The monoisotopic (exact) mass is 428 g/mol. The molecule has 156 valence electrons. The summed E-state index contributed by atoms with van der Waals surface area (Å²) in [6.07, 6.45) is -0.263. The van der Waals surface area contributed by atoms with Gasteiger partial charge in [0, 0.05) is 11.1 Å². The zero-order valence-corrected chi connectivity index (χ0v) is 14.7. The van der Waals surface area contributed by atoms with Crippen molar-refractivity contribution in [3.8, 4) is 0 Å². The molecule has 2 aromatic carbocycles. The fourth-order valence-electron chi connectivity index (χ4n) is 4.13. The minimum atomic E-state index is -2.42. The zero-order chi connectivity index (χ0) is 21.8. The van der Waals surface area contributed by atoms with Crippen LogP contribution in [0.3, 0.4) is 0 Å². The molecule has 0 amide bonds. The van der Waals surface area contributed by atoms with E-state index < -0.39 is 80.5 Å². The van der Waals surface area contributed by atoms with Gasteiger partial charge in [0.2, 0.25) is 11.6 Å². The fraction of sp³-hybridized carbons (Fsp3) is 0.333. The van der Waals surface area contributed by atoms with Gasteiger partial charge in [-0.1, -0.05) is 19.3 Å². The van der Waals surface area contributed by atoms with Gasteiger partial charge in [0.05, 0.1) is 0 Å². The molecule has 29 heavy (non-hydrogen) atoms. The van der Waals surface area contributed by atoms with Crippen LogP contribution in [0.1, 0.15) is 42.7 Å². The molecule has 0 saturated heterocycles. The van der Waals surface area contributed by atoms with E-state index in [9.17, 15) is 43.9 Å². The summed E-state index contributed by atoms with van der Waals surface area (Å²) in [7, 11) is 0.979. The normalized spacial score (nSPS) is 22.2. The van der Waals surface area contributed by atoms with Gasteiger partial charge in [0.1, 0.15) is 7.85 Å². The molecule has 0 spiro atoms. The Balaban J connectivity index is 2.34. The van der Waals surface area contributed by atoms with E-state index in [0.717, 1.165) is 7.85 Å². The summed E-state index contributed by atoms with van der Waals surface area (Å²) in [5.41, 5.74) is -2.69. The summed E-state index contributed by atoms with van der Waals surface area (Å²) >= 11 is 0. The number of halogens is 10. The first-order valence-corrected chi connectivity index (χ1v) is 8.48. The second-order valence-electron chi connectivity index (χ2n) is 7.14. The molecule has 3 rings (SSSR count). The minimum absolute atomic E-state index is 0.169. The third-order valence-corrected chi connectivity index (χ3v) is 5.58. The van der Waals surface area contributed by atoms with Crippen LogP contribution in [0.15, 0.2) is 0 Å². The van der Waals surface area contributed by atoms with Gasteiger partial charge in [0.15, 0.2) is 46.5 Å². The molecule has 0 nitrogen and oxygen atoms in total. The lowest BCUT2D eigenvalue weighted by Gasteiger charge is -2.43. The third kappa shape index (κ3) is 3.00. The molecule has 1 aliphatic rings. The largest absolute Gasteiger partial charge is 0.203 e. The molecule has 0 heterocycles. The SMILES string of the molecule is BC1(c2c(F)c(F)c(F)c(F)c2F)CCCCC1c1c(F)c(F)c(F)c(F)c1F. The predicted octanol–water partition coefficient (Wildman–Crippen LogP) is 5.26. The molecule has 0 N–H and O–H groups in total. The molecule has 0 aromatic heterocycles. The number of hydrogen-bond acceptors (Lipinski definition) is 0. The lowest BCUT2D eigenvalue weighted by Crippen LogP contribution is -2.41. The maximum Gasteiger partial charge on any atom is 0.200 e. The summed E-state index contributed by atoms with van der Waals surface area (Å²) in [5.74, 6) is -24.4. The molecule has 1 saturated carbocycles. The molecule has 0 aliphatic heterocycles. The van der Waals surface area contributed by atoms with Crippen LogP contribution in [0, 0.1) is 58.2 Å². The maximum absolute atomic E-state index is 14.4. The summed E-state index contributed by atoms with van der Waals surface area (Å²) < 4.78 is 139. The van der Waals surface area contributed by atoms with E-state index in [1.165, 1.54) is 0 Å². The van der Waals surface area contributed by atoms with E-state index in [-0.39, 0.29) is 25.7 Å². The van der Waals surface area contributed by atoms with Gasteiger partial charge in [-0.05, 0) is 17.7 Å². The lowest BCUT2D eigenvalue weighted by molar-refractivity contribution is 0.281. The van der Waals surface area contributed by atoms with Crippen molar-refractivity contribution >= 4 is 7.85 Å². The molecule has 2 aromatic rings. The number of hydrogen-bond donors (Lipinski definition) is 0. The molecular formula is C18H11BF10. The van der Waals surface area contributed by atoms with E-state index >= 15 is 0 Å². The highest BCUT2D eigenvalue weighted by molar-refractivity contribution is 6.16. The molecule has 1 aliphatic carbocycles. The summed E-state index contributed by atoms with van der Waals surface area (Å²) in [5, 5.41) is -2.12. The highest BCUT2D eigenvalue weighted by Crippen LogP contribution is 2.51. The molecule has 1 fully saturated rings. The Morgan fingerprint density at radius 3 is 1.38 bits per heavy atom. The van der Waals surface area contributed by atoms with Gasteiger partial charge in [-0.2, -0.15) is 0 Å². The van der Waals surface area contributed by atoms with E-state index in [2.05, 4.69) is 0 Å². The Labute approximate surface area is 158 Å². The predicted molar refractivity (Wildman–Crippen MR) is 83.9 cm³/mol. The van der Waals surface area contributed by atoms with Crippen molar-refractivity contribution in [1.29, 1.82) is 0 Å². The Morgan fingerprint density at radius 2 is 0.931 bits per heavy atom. The topological polar surface area (TPSA) is 0 Å². The molecule has 2 atom stereocenters. The average molecular weight is 428 g/mol. The van der Waals surface area contributed by atoms with E-state index in [1.807, 2.05) is 0 Å². The second kappa shape index (κ2) is 7.25. The first kappa shape index (κ1) is 21.5. The average Bonchev–Trinajstić information content (AvgIpc) is 2.69. The van der Waals surface area contributed by atoms with Gasteiger partial charge >= 0.3 is 0 Å². The maximum atomic E-state index is 14.4. The molecule has 0 bridgehead atoms. The Bertz CT molecular complexity index is 947. The Hall–Kier alpha value is -2.20. The van der Waals surface area contributed by atoms with Gasteiger partial charge in [0.25, 0.3) is 0 Å². The van der Waals surface area contributed by atoms with Crippen LogP contribution in [-0.2, 0) is 5.31 Å². The molecule has 11 heteroatoms. The molecule has 2 unspecified atom stereocenters. The molecular weight excluding hydrogens is 417 g/mol. The number of benzene rings is 2. The van der Waals surface area contributed by atoms with Crippen molar-refractivity contribution in [3.63, 3.8) is 0 Å². The minimum Gasteiger partial charge on any atom is -0.203 e. The fourth-order valence-corrected chi connectivity index (χ4v) is 4.13. The zero-order valence-electron chi connectivity index (χ0n) is 14.7. The van der Waals surface area contributed by atoms with Gasteiger partial charge in [-0.15, -0.1) is 0 Å². The summed E-state index contributed by atoms with van der Waals surface area (Å²) in [6.45, 7) is 0. The first-order valence-electron chi connectivity index (χ1n) is 8.48. The van der Waals surface area contributed by atoms with Crippen LogP contribution >= 0.6 is 0 Å². The van der Waals surface area contributed by atoms with Crippen molar-refractivity contribution in [3.05, 3.63) is 69.3 Å². The van der Waals surface area contributed by atoms with Crippen LogP contribution in [0.5, 0.6) is 0 Å². The van der Waals surface area contributed by atoms with Gasteiger partial charge < -0.3 is 0 Å². The highest BCUT2D eigenvalue weighted by atomic mass is 19.2. The third-order valence-electron chi connectivity index (χ3n) is 5.58. The van der Waals surface area contributed by atoms with Crippen LogP contribution in [-0.4, -0.2) is 7.85 Å². The van der Waals surface area contributed by atoms with Gasteiger partial charge in [-0.3, -0.25) is 0 Å². The molecule has 0 radical (unpaired) electrons. The standard InChI is InChI=1S/C18H11BF10/c19-18(7-10(22)14(26)17(29)15(27)11(7)23)4-2-1-3-5(18)6-8(20)12(24)16(28)13(25)9(6)21/h5H,1-4,19H2. The van der Waals surface area contributed by atoms with E-state index in [4.69, 9.17) is 0 Å². The smallest absolute Gasteiger partial charge is 0.200 e. The highest BCUT2D eigenvalue weighted by Gasteiger charge is 2.47. The van der Waals surface area contributed by atoms with E-state index in [0.29, 0.717) is 0 Å². The van der Waals surface area contributed by atoms with Crippen molar-refractivity contribution in [2.45, 2.75) is 36.9 Å². The van der Waals surface area contributed by atoms with E-state index in [1.54, 1.807) is 0 Å². The number of rotatable bonds is 2. The van der Waals surface area contributed by atoms with Crippen LogP contribution < -0.4 is 0 Å². The van der Waals surface area contributed by atoms with Crippen LogP contribution in [0.2, 0.25) is 0 Å². The first-order chi connectivity index (χ1) is 13.4. The Kier molecular flexibility index (Phi) is 5.38.